The van der Waals surface area contributed by atoms with E-state index in [1.54, 1.807) is 25.1 Å². The smallest absolute Gasteiger partial charge is 0.272 e. The lowest BCUT2D eigenvalue weighted by Crippen LogP contribution is -2.20. The van der Waals surface area contributed by atoms with Crippen LogP contribution in [0.1, 0.15) is 22.8 Å². The number of carbonyl (C=O) groups excluding carboxylic acids is 1. The minimum Gasteiger partial charge on any atom is -0.496 e. The van der Waals surface area contributed by atoms with Gasteiger partial charge in [-0.25, -0.2) is 5.43 Å². The van der Waals surface area contributed by atoms with E-state index in [9.17, 15) is 14.9 Å². The van der Waals surface area contributed by atoms with Gasteiger partial charge in [-0.2, -0.15) is 5.10 Å². The van der Waals surface area contributed by atoms with E-state index < -0.39 is 10.8 Å². The Morgan fingerprint density at radius 3 is 2.68 bits per heavy atom. The first-order valence-electron chi connectivity index (χ1n) is 7.05. The number of nitrogens with zero attached hydrogens (tertiary/aromatic N) is 2. The zero-order valence-corrected chi connectivity index (χ0v) is 14.2. The third-order valence-electron chi connectivity index (χ3n) is 3.29. The number of anilines is 1. The third-order valence-corrected chi connectivity index (χ3v) is 3.52. The van der Waals surface area contributed by atoms with Crippen molar-refractivity contribution in [3.63, 3.8) is 0 Å². The molecule has 0 spiro atoms. The number of hydrogen-bond acceptors (Lipinski definition) is 6. The first kappa shape index (κ1) is 18.2. The summed E-state index contributed by atoms with van der Waals surface area (Å²) in [6.45, 7) is 1.66. The predicted octanol–water partition coefficient (Wildman–Crippen LogP) is 2.99. The molecule has 0 heterocycles. The van der Waals surface area contributed by atoms with Crippen molar-refractivity contribution >= 4 is 34.6 Å². The van der Waals surface area contributed by atoms with Crippen molar-refractivity contribution in [2.75, 3.05) is 12.8 Å². The van der Waals surface area contributed by atoms with Crippen molar-refractivity contribution in [3.8, 4) is 5.75 Å². The standard InChI is InChI=1S/C16H15ClN4O4/c1-9(14-7-11(17)3-4-15(14)25-2)19-20-16(22)10-5-12(18)8-13(6-10)21(23)24/h3-8H,18H2,1-2H3,(H,20,22)/b19-9-. The lowest BCUT2D eigenvalue weighted by Gasteiger charge is -2.09. The first-order valence-corrected chi connectivity index (χ1v) is 7.43. The Morgan fingerprint density at radius 2 is 2.04 bits per heavy atom. The average molecular weight is 363 g/mol. The van der Waals surface area contributed by atoms with E-state index in [2.05, 4.69) is 10.5 Å². The lowest BCUT2D eigenvalue weighted by atomic mass is 10.1. The van der Waals surface area contributed by atoms with Crippen LogP contribution in [0.5, 0.6) is 5.75 Å². The topological polar surface area (TPSA) is 120 Å². The highest BCUT2D eigenvalue weighted by Crippen LogP contribution is 2.23. The van der Waals surface area contributed by atoms with E-state index in [1.807, 2.05) is 0 Å². The van der Waals surface area contributed by atoms with Crippen LogP contribution in [0.2, 0.25) is 5.02 Å². The van der Waals surface area contributed by atoms with Gasteiger partial charge in [0.1, 0.15) is 5.75 Å². The Balaban J connectivity index is 2.25. The first-order chi connectivity index (χ1) is 11.8. The minimum absolute atomic E-state index is 0.0290. The van der Waals surface area contributed by atoms with Gasteiger partial charge in [0, 0.05) is 28.4 Å². The maximum atomic E-state index is 12.2. The molecule has 2 aromatic rings. The number of hydrazone groups is 1. The molecular weight excluding hydrogens is 348 g/mol. The predicted molar refractivity (Wildman–Crippen MR) is 95.2 cm³/mol. The summed E-state index contributed by atoms with van der Waals surface area (Å²) in [6.07, 6.45) is 0. The van der Waals surface area contributed by atoms with E-state index in [4.69, 9.17) is 22.1 Å². The Labute approximate surface area is 148 Å². The van der Waals surface area contributed by atoms with Crippen LogP contribution >= 0.6 is 11.6 Å². The molecule has 0 saturated heterocycles. The summed E-state index contributed by atoms with van der Waals surface area (Å²) < 4.78 is 5.23. The van der Waals surface area contributed by atoms with Gasteiger partial charge in [-0.15, -0.1) is 0 Å². The summed E-state index contributed by atoms with van der Waals surface area (Å²) in [5.74, 6) is -0.0877. The number of amides is 1. The molecule has 9 heteroatoms. The van der Waals surface area contributed by atoms with Crippen LogP contribution < -0.4 is 15.9 Å². The second-order valence-corrected chi connectivity index (χ2v) is 5.49. The number of non-ortho nitro benzene ring substituents is 1. The van der Waals surface area contributed by atoms with Gasteiger partial charge >= 0.3 is 0 Å². The molecule has 0 bridgehead atoms. The molecule has 25 heavy (non-hydrogen) atoms. The molecule has 8 nitrogen and oxygen atoms in total. The van der Waals surface area contributed by atoms with Gasteiger partial charge < -0.3 is 10.5 Å². The Morgan fingerprint density at radius 1 is 1.32 bits per heavy atom. The number of ether oxygens (including phenoxy) is 1. The van der Waals surface area contributed by atoms with Crippen molar-refractivity contribution in [2.24, 2.45) is 5.10 Å². The number of nitrogens with two attached hydrogens (primary N) is 1. The SMILES string of the molecule is COc1ccc(Cl)cc1/C(C)=N\NC(=O)c1cc(N)cc([N+](=O)[O-])c1. The molecule has 130 valence electrons. The summed E-state index contributed by atoms with van der Waals surface area (Å²) in [6, 6.07) is 8.61. The summed E-state index contributed by atoms with van der Waals surface area (Å²) in [7, 11) is 1.50. The fourth-order valence-corrected chi connectivity index (χ4v) is 2.27. The van der Waals surface area contributed by atoms with Crippen LogP contribution in [-0.4, -0.2) is 23.7 Å². The van der Waals surface area contributed by atoms with Crippen LogP contribution in [0.25, 0.3) is 0 Å². The molecule has 0 aliphatic carbocycles. The second kappa shape index (κ2) is 7.63. The largest absolute Gasteiger partial charge is 0.496 e. The number of benzene rings is 2. The Hall–Kier alpha value is -3.13. The summed E-state index contributed by atoms with van der Waals surface area (Å²) in [5, 5.41) is 15.3. The maximum Gasteiger partial charge on any atom is 0.272 e. The van der Waals surface area contributed by atoms with E-state index in [1.165, 1.54) is 19.2 Å². The lowest BCUT2D eigenvalue weighted by molar-refractivity contribution is -0.384. The highest BCUT2D eigenvalue weighted by atomic mass is 35.5. The molecule has 0 aliphatic rings. The zero-order chi connectivity index (χ0) is 18.6. The molecule has 2 aromatic carbocycles. The van der Waals surface area contributed by atoms with Crippen molar-refractivity contribution < 1.29 is 14.5 Å². The fourth-order valence-electron chi connectivity index (χ4n) is 2.09. The molecule has 0 aliphatic heterocycles. The molecule has 0 atom stereocenters. The fraction of sp³-hybridized carbons (Fsp3) is 0.125. The number of rotatable bonds is 5. The highest BCUT2D eigenvalue weighted by molar-refractivity contribution is 6.31. The van der Waals surface area contributed by atoms with E-state index >= 15 is 0 Å². The number of methoxy groups -OCH3 is 1. The summed E-state index contributed by atoms with van der Waals surface area (Å²) in [5.41, 5.74) is 8.84. The highest BCUT2D eigenvalue weighted by Gasteiger charge is 2.14. The minimum atomic E-state index is -0.629. The van der Waals surface area contributed by atoms with E-state index in [0.29, 0.717) is 22.0 Å². The number of hydrogen-bond donors (Lipinski definition) is 2. The molecule has 3 N–H and O–H groups in total. The number of nitro groups is 1. The molecular formula is C16H15ClN4O4. The zero-order valence-electron chi connectivity index (χ0n) is 13.4. The van der Waals surface area contributed by atoms with E-state index in [-0.39, 0.29) is 16.9 Å². The normalized spacial score (nSPS) is 11.1. The number of nitrogen functional groups attached to an aromatic ring is 1. The van der Waals surface area contributed by atoms with Gasteiger partial charge in [-0.3, -0.25) is 14.9 Å². The molecule has 2 rings (SSSR count). The number of carbonyl (C=O) groups is 1. The molecule has 0 unspecified atom stereocenters. The van der Waals surface area contributed by atoms with Crippen molar-refractivity contribution in [2.45, 2.75) is 6.92 Å². The molecule has 0 aromatic heterocycles. The molecule has 0 saturated carbocycles. The number of nitro benzene ring substituents is 1. The van der Waals surface area contributed by atoms with Crippen molar-refractivity contribution in [3.05, 3.63) is 62.7 Å². The van der Waals surface area contributed by atoms with Gasteiger partial charge in [0.05, 0.1) is 23.3 Å². The van der Waals surface area contributed by atoms with Crippen LogP contribution in [0.3, 0.4) is 0 Å². The van der Waals surface area contributed by atoms with Crippen molar-refractivity contribution in [1.82, 2.24) is 5.43 Å². The van der Waals surface area contributed by atoms with Crippen LogP contribution in [0.4, 0.5) is 11.4 Å². The van der Waals surface area contributed by atoms with Gasteiger partial charge in [-0.05, 0) is 31.2 Å². The van der Waals surface area contributed by atoms with Gasteiger partial charge in [0.2, 0.25) is 0 Å². The second-order valence-electron chi connectivity index (χ2n) is 5.05. The Kier molecular flexibility index (Phi) is 5.56. The van der Waals surface area contributed by atoms with Crippen LogP contribution in [-0.2, 0) is 0 Å². The van der Waals surface area contributed by atoms with E-state index in [0.717, 1.165) is 6.07 Å². The summed E-state index contributed by atoms with van der Waals surface area (Å²) >= 11 is 5.97. The number of halogens is 1. The monoisotopic (exact) mass is 362 g/mol. The van der Waals surface area contributed by atoms with Crippen LogP contribution in [0.15, 0.2) is 41.5 Å². The average Bonchev–Trinajstić information content (AvgIpc) is 2.58. The van der Waals surface area contributed by atoms with Crippen molar-refractivity contribution in [1.29, 1.82) is 0 Å². The quantitative estimate of drug-likeness (QED) is 0.366. The summed E-state index contributed by atoms with van der Waals surface area (Å²) in [4.78, 5) is 22.4. The number of nitrogens with one attached hydrogen (secondary N) is 1. The van der Waals surface area contributed by atoms with Crippen LogP contribution in [0, 0.1) is 10.1 Å². The Bertz CT molecular complexity index is 867. The molecule has 0 fully saturated rings. The van der Waals surface area contributed by atoms with Gasteiger partial charge in [0.15, 0.2) is 0 Å². The third kappa shape index (κ3) is 4.45. The van der Waals surface area contributed by atoms with Gasteiger partial charge in [-0.1, -0.05) is 11.6 Å². The maximum absolute atomic E-state index is 12.2. The molecule has 1 amide bonds. The molecule has 0 radical (unpaired) electrons. The van der Waals surface area contributed by atoms with Gasteiger partial charge in [0.25, 0.3) is 11.6 Å².